The highest BCUT2D eigenvalue weighted by Gasteiger charge is 2.66. The van der Waals surface area contributed by atoms with Gasteiger partial charge in [0.25, 0.3) is 0 Å². The number of carbonyl (C=O) groups is 2. The number of Topliss-reactive ketones (excluding diaryl/α,β-unsaturated/α-hetero) is 2. The van der Waals surface area contributed by atoms with Crippen molar-refractivity contribution in [3.8, 4) is 0 Å². The SMILES string of the molecule is C=C1C[C@@H]2[C@H](CC[C@@]3(C)[C@H]2CC[C@]3(O)C(C)=O)[C@@]2(C)CCC(=O)CC12. The van der Waals surface area contributed by atoms with Gasteiger partial charge in [-0.05, 0) is 74.5 Å². The van der Waals surface area contributed by atoms with E-state index in [2.05, 4.69) is 20.4 Å². The van der Waals surface area contributed by atoms with E-state index in [9.17, 15) is 14.7 Å². The molecule has 0 aromatic heterocycles. The van der Waals surface area contributed by atoms with Gasteiger partial charge in [0.1, 0.15) is 11.4 Å². The minimum absolute atomic E-state index is 0.0575. The van der Waals surface area contributed by atoms with E-state index in [1.807, 2.05) is 0 Å². The molecule has 4 rings (SSSR count). The summed E-state index contributed by atoms with van der Waals surface area (Å²) < 4.78 is 0. The van der Waals surface area contributed by atoms with Gasteiger partial charge in [-0.2, -0.15) is 0 Å². The zero-order valence-electron chi connectivity index (χ0n) is 15.9. The summed E-state index contributed by atoms with van der Waals surface area (Å²) in [5.74, 6) is 2.18. The molecular weight excluding hydrogens is 312 g/mol. The van der Waals surface area contributed by atoms with Crippen molar-refractivity contribution >= 4 is 11.6 Å². The van der Waals surface area contributed by atoms with Crippen molar-refractivity contribution < 1.29 is 14.7 Å². The number of carbonyl (C=O) groups excluding carboxylic acids is 2. The first-order valence-electron chi connectivity index (χ1n) is 10.1. The second-order valence-electron chi connectivity index (χ2n) is 9.95. The Hall–Kier alpha value is -0.960. The van der Waals surface area contributed by atoms with Crippen LogP contribution in [0.5, 0.6) is 0 Å². The highest BCUT2D eigenvalue weighted by atomic mass is 16.3. The molecule has 3 heteroatoms. The van der Waals surface area contributed by atoms with Gasteiger partial charge in [0.2, 0.25) is 0 Å². The summed E-state index contributed by atoms with van der Waals surface area (Å²) in [4.78, 5) is 24.3. The van der Waals surface area contributed by atoms with Crippen LogP contribution in [0, 0.1) is 34.5 Å². The minimum Gasteiger partial charge on any atom is -0.382 e. The third-order valence-corrected chi connectivity index (χ3v) is 9.18. The summed E-state index contributed by atoms with van der Waals surface area (Å²) in [5.41, 5.74) is -0.0241. The fourth-order valence-electron chi connectivity index (χ4n) is 7.63. The van der Waals surface area contributed by atoms with E-state index in [1.54, 1.807) is 6.92 Å². The van der Waals surface area contributed by atoms with E-state index in [0.717, 1.165) is 32.1 Å². The van der Waals surface area contributed by atoms with E-state index in [-0.39, 0.29) is 16.6 Å². The third kappa shape index (κ3) is 2.08. The van der Waals surface area contributed by atoms with Gasteiger partial charge in [-0.25, -0.2) is 0 Å². The first kappa shape index (κ1) is 17.5. The third-order valence-electron chi connectivity index (χ3n) is 9.18. The van der Waals surface area contributed by atoms with E-state index in [1.165, 1.54) is 5.57 Å². The summed E-state index contributed by atoms with van der Waals surface area (Å²) >= 11 is 0. The van der Waals surface area contributed by atoms with Gasteiger partial charge >= 0.3 is 0 Å². The predicted molar refractivity (Wildman–Crippen MR) is 96.9 cm³/mol. The number of hydrogen-bond donors (Lipinski definition) is 1. The Kier molecular flexibility index (Phi) is 3.69. The molecule has 0 aromatic carbocycles. The monoisotopic (exact) mass is 344 g/mol. The fraction of sp³-hybridized carbons (Fsp3) is 0.818. The zero-order valence-corrected chi connectivity index (χ0v) is 15.9. The van der Waals surface area contributed by atoms with Crippen LogP contribution in [0.15, 0.2) is 12.2 Å². The van der Waals surface area contributed by atoms with E-state index in [4.69, 9.17) is 0 Å². The molecule has 7 atom stereocenters. The predicted octanol–water partition coefficient (Wildman–Crippen LogP) is 4.08. The van der Waals surface area contributed by atoms with Crippen LogP contribution in [0.4, 0.5) is 0 Å². The molecule has 0 spiro atoms. The van der Waals surface area contributed by atoms with E-state index >= 15 is 0 Å². The molecule has 25 heavy (non-hydrogen) atoms. The van der Waals surface area contributed by atoms with Gasteiger partial charge in [0, 0.05) is 18.3 Å². The van der Waals surface area contributed by atoms with Crippen LogP contribution >= 0.6 is 0 Å². The number of ketones is 2. The molecule has 0 aromatic rings. The number of allylic oxidation sites excluding steroid dienone is 1. The summed E-state index contributed by atoms with van der Waals surface area (Å²) in [6.07, 6.45) is 6.90. The van der Waals surface area contributed by atoms with Crippen LogP contribution in [0.2, 0.25) is 0 Å². The van der Waals surface area contributed by atoms with Gasteiger partial charge in [0.15, 0.2) is 5.78 Å². The standard InChI is InChI=1S/C22H32O3/c1-13-11-16-17(20(3)8-5-15(24)12-19(13)20)6-9-21(4)18(16)7-10-22(21,25)14(2)23/h16-19,25H,1,5-12H2,2-4H3/t16-,17+,18+,19?,20-,21+,22+/m1/s1. The highest BCUT2D eigenvalue weighted by molar-refractivity contribution is 5.86. The maximum atomic E-state index is 12.3. The van der Waals surface area contributed by atoms with Crippen LogP contribution in [0.3, 0.4) is 0 Å². The van der Waals surface area contributed by atoms with Gasteiger partial charge in [-0.15, -0.1) is 0 Å². The van der Waals surface area contributed by atoms with Crippen LogP contribution < -0.4 is 0 Å². The average Bonchev–Trinajstić information content (AvgIpc) is 2.83. The number of rotatable bonds is 1. The van der Waals surface area contributed by atoms with Crippen LogP contribution in [0.25, 0.3) is 0 Å². The quantitative estimate of drug-likeness (QED) is 0.729. The Labute approximate surface area is 151 Å². The maximum Gasteiger partial charge on any atom is 0.161 e. The Bertz CT molecular complexity index is 652. The summed E-state index contributed by atoms with van der Waals surface area (Å²) in [6.45, 7) is 10.5. The van der Waals surface area contributed by atoms with Crippen molar-refractivity contribution in [3.05, 3.63) is 12.2 Å². The van der Waals surface area contributed by atoms with E-state index < -0.39 is 5.60 Å². The number of hydrogen-bond acceptors (Lipinski definition) is 3. The summed E-state index contributed by atoms with van der Waals surface area (Å²) in [7, 11) is 0. The normalized spacial score (nSPS) is 52.3. The lowest BCUT2D eigenvalue weighted by atomic mass is 9.43. The molecule has 0 bridgehead atoms. The second kappa shape index (κ2) is 5.28. The Morgan fingerprint density at radius 1 is 1.12 bits per heavy atom. The molecule has 4 aliphatic carbocycles. The van der Waals surface area contributed by atoms with Crippen molar-refractivity contribution in [1.29, 1.82) is 0 Å². The van der Waals surface area contributed by atoms with Crippen LogP contribution in [0.1, 0.15) is 72.1 Å². The van der Waals surface area contributed by atoms with Crippen molar-refractivity contribution in [2.24, 2.45) is 34.5 Å². The van der Waals surface area contributed by atoms with Crippen LogP contribution in [-0.2, 0) is 9.59 Å². The zero-order chi connectivity index (χ0) is 18.2. The molecule has 4 saturated carbocycles. The van der Waals surface area contributed by atoms with Gasteiger partial charge in [-0.1, -0.05) is 26.0 Å². The second-order valence-corrected chi connectivity index (χ2v) is 9.95. The molecule has 0 heterocycles. The molecule has 1 unspecified atom stereocenters. The topological polar surface area (TPSA) is 54.4 Å². The lowest BCUT2D eigenvalue weighted by Crippen LogP contribution is -2.58. The van der Waals surface area contributed by atoms with Crippen molar-refractivity contribution in [3.63, 3.8) is 0 Å². The molecule has 1 N–H and O–H groups in total. The minimum atomic E-state index is -1.15. The van der Waals surface area contributed by atoms with Gasteiger partial charge in [0.05, 0.1) is 0 Å². The molecule has 138 valence electrons. The van der Waals surface area contributed by atoms with Gasteiger partial charge in [-0.3, -0.25) is 9.59 Å². The fourth-order valence-corrected chi connectivity index (χ4v) is 7.63. The van der Waals surface area contributed by atoms with Crippen molar-refractivity contribution in [1.82, 2.24) is 0 Å². The Balaban J connectivity index is 1.71. The van der Waals surface area contributed by atoms with Crippen LogP contribution in [-0.4, -0.2) is 22.3 Å². The van der Waals surface area contributed by atoms with E-state index in [0.29, 0.717) is 48.7 Å². The summed E-state index contributed by atoms with van der Waals surface area (Å²) in [5, 5.41) is 11.2. The molecule has 4 fully saturated rings. The molecule has 0 saturated heterocycles. The number of aliphatic hydroxyl groups is 1. The van der Waals surface area contributed by atoms with Crippen molar-refractivity contribution in [2.75, 3.05) is 0 Å². The molecular formula is C22H32O3. The molecule has 0 radical (unpaired) electrons. The first-order valence-corrected chi connectivity index (χ1v) is 10.1. The lowest BCUT2D eigenvalue weighted by molar-refractivity contribution is -0.164. The number of fused-ring (bicyclic) bond motifs is 5. The maximum absolute atomic E-state index is 12.3. The largest absolute Gasteiger partial charge is 0.382 e. The smallest absolute Gasteiger partial charge is 0.161 e. The lowest BCUT2D eigenvalue weighted by Gasteiger charge is -2.61. The molecule has 3 nitrogen and oxygen atoms in total. The molecule has 0 amide bonds. The summed E-state index contributed by atoms with van der Waals surface area (Å²) in [6, 6.07) is 0. The highest BCUT2D eigenvalue weighted by Crippen LogP contribution is 2.68. The molecule has 4 aliphatic rings. The Morgan fingerprint density at radius 3 is 2.48 bits per heavy atom. The Morgan fingerprint density at radius 2 is 1.80 bits per heavy atom. The molecule has 0 aliphatic heterocycles. The van der Waals surface area contributed by atoms with Crippen molar-refractivity contribution in [2.45, 2.75) is 77.7 Å². The first-order chi connectivity index (χ1) is 11.6. The average molecular weight is 344 g/mol. The van der Waals surface area contributed by atoms with Gasteiger partial charge < -0.3 is 5.11 Å².